The SMILES string of the molecule is O=C1CC2(CCOC2)C(c2ccccc2)C(=O)N1. The van der Waals surface area contributed by atoms with Gasteiger partial charge in [-0.05, 0) is 12.0 Å². The molecule has 0 aliphatic carbocycles. The lowest BCUT2D eigenvalue weighted by Crippen LogP contribution is -2.51. The van der Waals surface area contributed by atoms with Crippen LogP contribution >= 0.6 is 0 Å². The van der Waals surface area contributed by atoms with E-state index < -0.39 is 0 Å². The van der Waals surface area contributed by atoms with Crippen molar-refractivity contribution in [2.75, 3.05) is 13.2 Å². The van der Waals surface area contributed by atoms with Gasteiger partial charge in [0, 0.05) is 18.4 Å². The first kappa shape index (κ1) is 11.4. The van der Waals surface area contributed by atoms with Gasteiger partial charge in [0.25, 0.3) is 0 Å². The molecule has 2 atom stereocenters. The van der Waals surface area contributed by atoms with E-state index in [0.29, 0.717) is 19.6 Å². The maximum Gasteiger partial charge on any atom is 0.234 e. The number of amides is 2. The zero-order chi connectivity index (χ0) is 12.6. The molecule has 1 aromatic rings. The maximum absolute atomic E-state index is 12.2. The number of hydrogen-bond acceptors (Lipinski definition) is 3. The van der Waals surface area contributed by atoms with Crippen molar-refractivity contribution in [3.05, 3.63) is 35.9 Å². The van der Waals surface area contributed by atoms with Gasteiger partial charge in [0.2, 0.25) is 11.8 Å². The lowest BCUT2D eigenvalue weighted by molar-refractivity contribution is -0.140. The van der Waals surface area contributed by atoms with Crippen LogP contribution in [0.2, 0.25) is 0 Å². The molecule has 1 aromatic carbocycles. The van der Waals surface area contributed by atoms with E-state index in [0.717, 1.165) is 12.0 Å². The molecule has 2 fully saturated rings. The maximum atomic E-state index is 12.2. The molecule has 2 heterocycles. The van der Waals surface area contributed by atoms with Gasteiger partial charge in [0.05, 0.1) is 12.5 Å². The number of ether oxygens (including phenoxy) is 1. The number of piperidine rings is 1. The van der Waals surface area contributed by atoms with E-state index in [9.17, 15) is 9.59 Å². The van der Waals surface area contributed by atoms with Crippen molar-refractivity contribution in [2.24, 2.45) is 5.41 Å². The van der Waals surface area contributed by atoms with Crippen molar-refractivity contribution in [2.45, 2.75) is 18.8 Å². The number of hydrogen-bond donors (Lipinski definition) is 1. The van der Waals surface area contributed by atoms with Crippen molar-refractivity contribution in [1.29, 1.82) is 0 Å². The van der Waals surface area contributed by atoms with Gasteiger partial charge >= 0.3 is 0 Å². The van der Waals surface area contributed by atoms with E-state index >= 15 is 0 Å². The Hall–Kier alpha value is -1.68. The number of carbonyl (C=O) groups is 2. The largest absolute Gasteiger partial charge is 0.381 e. The smallest absolute Gasteiger partial charge is 0.234 e. The average Bonchev–Trinajstić information content (AvgIpc) is 2.78. The second kappa shape index (κ2) is 4.21. The quantitative estimate of drug-likeness (QED) is 0.757. The van der Waals surface area contributed by atoms with Crippen LogP contribution in [-0.2, 0) is 14.3 Å². The summed E-state index contributed by atoms with van der Waals surface area (Å²) < 4.78 is 5.45. The van der Waals surface area contributed by atoms with Gasteiger partial charge in [-0.2, -0.15) is 0 Å². The molecule has 1 N–H and O–H groups in total. The summed E-state index contributed by atoms with van der Waals surface area (Å²) in [5, 5.41) is 2.45. The van der Waals surface area contributed by atoms with Crippen LogP contribution in [0, 0.1) is 5.41 Å². The Balaban J connectivity index is 2.03. The van der Waals surface area contributed by atoms with Crippen LogP contribution in [0.5, 0.6) is 0 Å². The van der Waals surface area contributed by atoms with Crippen molar-refractivity contribution in [1.82, 2.24) is 5.32 Å². The van der Waals surface area contributed by atoms with Crippen LogP contribution in [0.15, 0.2) is 30.3 Å². The number of benzene rings is 1. The van der Waals surface area contributed by atoms with Crippen LogP contribution in [-0.4, -0.2) is 25.0 Å². The third-order valence-corrected chi connectivity index (χ3v) is 3.92. The molecule has 1 spiro atoms. The minimum Gasteiger partial charge on any atom is -0.381 e. The topological polar surface area (TPSA) is 55.4 Å². The molecule has 4 heteroatoms. The Bertz CT molecular complexity index is 477. The predicted octanol–water partition coefficient (Wildman–Crippen LogP) is 1.22. The fourth-order valence-electron chi connectivity index (χ4n) is 3.09. The summed E-state index contributed by atoms with van der Waals surface area (Å²) in [6, 6.07) is 9.65. The van der Waals surface area contributed by atoms with Gasteiger partial charge in [-0.3, -0.25) is 14.9 Å². The minimum atomic E-state index is -0.346. The summed E-state index contributed by atoms with van der Waals surface area (Å²) in [5.74, 6) is -0.653. The molecule has 0 aromatic heterocycles. The Morgan fingerprint density at radius 1 is 1.22 bits per heavy atom. The molecule has 0 radical (unpaired) electrons. The molecule has 0 bridgehead atoms. The zero-order valence-electron chi connectivity index (χ0n) is 10.0. The molecule has 3 rings (SSSR count). The summed E-state index contributed by atoms with van der Waals surface area (Å²) in [4.78, 5) is 23.8. The van der Waals surface area contributed by atoms with Crippen molar-refractivity contribution < 1.29 is 14.3 Å². The van der Waals surface area contributed by atoms with Crippen molar-refractivity contribution >= 4 is 11.8 Å². The molecule has 2 aliphatic heterocycles. The number of carbonyl (C=O) groups excluding carboxylic acids is 2. The van der Waals surface area contributed by atoms with Gasteiger partial charge in [0.1, 0.15) is 0 Å². The average molecular weight is 245 g/mol. The van der Waals surface area contributed by atoms with Crippen LogP contribution < -0.4 is 5.32 Å². The Kier molecular flexibility index (Phi) is 2.67. The highest BCUT2D eigenvalue weighted by Gasteiger charge is 2.51. The molecule has 18 heavy (non-hydrogen) atoms. The summed E-state index contributed by atoms with van der Waals surface area (Å²) in [5.41, 5.74) is 0.619. The molecule has 2 unspecified atom stereocenters. The van der Waals surface area contributed by atoms with E-state index in [1.165, 1.54) is 0 Å². The standard InChI is InChI=1S/C14H15NO3/c16-11-8-14(6-7-18-9-14)12(13(17)15-11)10-4-2-1-3-5-10/h1-5,12H,6-9H2,(H,15,16,17). The first-order chi connectivity index (χ1) is 8.71. The van der Waals surface area contributed by atoms with Gasteiger partial charge in [-0.1, -0.05) is 30.3 Å². The van der Waals surface area contributed by atoms with Crippen LogP contribution in [0.1, 0.15) is 24.3 Å². The van der Waals surface area contributed by atoms with E-state index in [1.54, 1.807) is 0 Å². The van der Waals surface area contributed by atoms with Crippen molar-refractivity contribution in [3.63, 3.8) is 0 Å². The monoisotopic (exact) mass is 245 g/mol. The zero-order valence-corrected chi connectivity index (χ0v) is 10.0. The van der Waals surface area contributed by atoms with Gasteiger partial charge in [-0.15, -0.1) is 0 Å². The Morgan fingerprint density at radius 2 is 2.00 bits per heavy atom. The third kappa shape index (κ3) is 1.73. The fraction of sp³-hybridized carbons (Fsp3) is 0.429. The van der Waals surface area contributed by atoms with Crippen LogP contribution in [0.25, 0.3) is 0 Å². The Morgan fingerprint density at radius 3 is 2.67 bits per heavy atom. The van der Waals surface area contributed by atoms with E-state index in [4.69, 9.17) is 4.74 Å². The highest BCUT2D eigenvalue weighted by atomic mass is 16.5. The first-order valence-electron chi connectivity index (χ1n) is 6.18. The third-order valence-electron chi connectivity index (χ3n) is 3.92. The summed E-state index contributed by atoms with van der Waals surface area (Å²) >= 11 is 0. The fourth-order valence-corrected chi connectivity index (χ4v) is 3.09. The first-order valence-corrected chi connectivity index (χ1v) is 6.18. The molecule has 2 saturated heterocycles. The van der Waals surface area contributed by atoms with Gasteiger partial charge in [0.15, 0.2) is 0 Å². The van der Waals surface area contributed by atoms with Gasteiger partial charge < -0.3 is 4.74 Å². The molecule has 2 amide bonds. The minimum absolute atomic E-state index is 0.183. The van der Waals surface area contributed by atoms with Crippen LogP contribution in [0.4, 0.5) is 0 Å². The highest BCUT2D eigenvalue weighted by molar-refractivity contribution is 6.02. The predicted molar refractivity (Wildman–Crippen MR) is 64.8 cm³/mol. The summed E-state index contributed by atoms with van der Waals surface area (Å²) in [6.07, 6.45) is 1.14. The van der Waals surface area contributed by atoms with Crippen molar-refractivity contribution in [3.8, 4) is 0 Å². The summed E-state index contributed by atoms with van der Waals surface area (Å²) in [7, 11) is 0. The molecule has 94 valence electrons. The highest BCUT2D eigenvalue weighted by Crippen LogP contribution is 2.47. The molecular weight excluding hydrogens is 230 g/mol. The lowest BCUT2D eigenvalue weighted by atomic mass is 9.67. The lowest BCUT2D eigenvalue weighted by Gasteiger charge is -2.38. The molecular formula is C14H15NO3. The summed E-state index contributed by atoms with van der Waals surface area (Å²) in [6.45, 7) is 1.12. The number of rotatable bonds is 1. The van der Waals surface area contributed by atoms with E-state index in [-0.39, 0.29) is 23.1 Å². The molecule has 4 nitrogen and oxygen atoms in total. The molecule has 0 saturated carbocycles. The normalized spacial score (nSPS) is 31.7. The molecule has 2 aliphatic rings. The van der Waals surface area contributed by atoms with Crippen LogP contribution in [0.3, 0.4) is 0 Å². The Labute approximate surface area is 105 Å². The second-order valence-corrected chi connectivity index (χ2v) is 5.10. The van der Waals surface area contributed by atoms with E-state index in [2.05, 4.69) is 5.32 Å². The number of nitrogens with one attached hydrogen (secondary N) is 1. The van der Waals surface area contributed by atoms with Gasteiger partial charge in [-0.25, -0.2) is 0 Å². The second-order valence-electron chi connectivity index (χ2n) is 5.10. The van der Waals surface area contributed by atoms with E-state index in [1.807, 2.05) is 30.3 Å². The number of imide groups is 1.